The molecule has 0 saturated heterocycles. The summed E-state index contributed by atoms with van der Waals surface area (Å²) >= 11 is 0. The van der Waals surface area contributed by atoms with E-state index < -0.39 is 0 Å². The molecule has 4 rings (SSSR count). The molecule has 4 saturated carbocycles. The normalized spacial score (nSPS) is 61.6. The minimum Gasteiger partial charge on any atom is -0.264 e. The molecule has 0 N–H and O–H groups in total. The van der Waals surface area contributed by atoms with Crippen LogP contribution in [-0.2, 0) is 0 Å². The molecule has 8 atom stereocenters. The van der Waals surface area contributed by atoms with Crippen molar-refractivity contribution in [2.75, 3.05) is 0 Å². The van der Waals surface area contributed by atoms with Crippen molar-refractivity contribution < 1.29 is 4.92 Å². The number of hydrogen-bond donors (Lipinski definition) is 0. The maximum atomic E-state index is 11.1. The lowest BCUT2D eigenvalue weighted by Gasteiger charge is -2.38. The summed E-state index contributed by atoms with van der Waals surface area (Å²) < 4.78 is 0. The molecular weight excluding hydrogens is 202 g/mol. The average molecular weight is 221 g/mol. The van der Waals surface area contributed by atoms with Gasteiger partial charge in [0, 0.05) is 17.3 Å². The quantitative estimate of drug-likeness (QED) is 0.388. The van der Waals surface area contributed by atoms with Gasteiger partial charge in [-0.25, -0.2) is 0 Å². The van der Waals surface area contributed by atoms with Crippen molar-refractivity contribution in [3.63, 3.8) is 0 Å². The first-order valence-corrected chi connectivity index (χ1v) is 6.80. The molecule has 0 radical (unpaired) electrons. The molecule has 88 valence electrons. The van der Waals surface area contributed by atoms with E-state index in [1.54, 1.807) is 0 Å². The van der Waals surface area contributed by atoms with Crippen molar-refractivity contribution in [1.82, 2.24) is 0 Å². The van der Waals surface area contributed by atoms with Gasteiger partial charge in [0.25, 0.3) is 0 Å². The molecule has 0 aliphatic heterocycles. The molecule has 0 heterocycles. The molecule has 8 unspecified atom stereocenters. The van der Waals surface area contributed by atoms with Crippen LogP contribution in [0.1, 0.15) is 32.6 Å². The van der Waals surface area contributed by atoms with Crippen LogP contribution in [0.3, 0.4) is 0 Å². The van der Waals surface area contributed by atoms with E-state index in [-0.39, 0.29) is 11.0 Å². The van der Waals surface area contributed by atoms with Crippen molar-refractivity contribution in [2.45, 2.75) is 38.6 Å². The predicted octanol–water partition coefficient (Wildman–Crippen LogP) is 2.58. The summed E-state index contributed by atoms with van der Waals surface area (Å²) in [7, 11) is 0. The molecule has 4 bridgehead atoms. The molecule has 0 aromatic heterocycles. The lowest BCUT2D eigenvalue weighted by molar-refractivity contribution is -0.534. The smallest absolute Gasteiger partial charge is 0.216 e. The Kier molecular flexibility index (Phi) is 1.65. The van der Waals surface area contributed by atoms with Gasteiger partial charge >= 0.3 is 0 Å². The van der Waals surface area contributed by atoms with Crippen LogP contribution in [0.4, 0.5) is 0 Å². The molecule has 4 fully saturated rings. The Labute approximate surface area is 95.7 Å². The van der Waals surface area contributed by atoms with Gasteiger partial charge < -0.3 is 0 Å². The van der Waals surface area contributed by atoms with Gasteiger partial charge in [-0.05, 0) is 54.8 Å². The second-order valence-electron chi connectivity index (χ2n) is 6.78. The van der Waals surface area contributed by atoms with Crippen LogP contribution in [0.15, 0.2) is 0 Å². The highest BCUT2D eigenvalue weighted by molar-refractivity contribution is 5.12. The summed E-state index contributed by atoms with van der Waals surface area (Å²) in [4.78, 5) is 11.1. The van der Waals surface area contributed by atoms with Crippen molar-refractivity contribution in [3.05, 3.63) is 10.1 Å². The first kappa shape index (κ1) is 9.43. The fraction of sp³-hybridized carbons (Fsp3) is 1.00. The van der Waals surface area contributed by atoms with Crippen LogP contribution in [0.25, 0.3) is 0 Å². The van der Waals surface area contributed by atoms with Gasteiger partial charge in [0.15, 0.2) is 0 Å². The van der Waals surface area contributed by atoms with Gasteiger partial charge in [0.2, 0.25) is 6.04 Å². The summed E-state index contributed by atoms with van der Waals surface area (Å²) in [5.74, 6) is 5.42. The monoisotopic (exact) mass is 221 g/mol. The Morgan fingerprint density at radius 2 is 1.69 bits per heavy atom. The minimum atomic E-state index is -0.183. The highest BCUT2D eigenvalue weighted by atomic mass is 16.6. The van der Waals surface area contributed by atoms with E-state index in [9.17, 15) is 10.1 Å². The summed E-state index contributed by atoms with van der Waals surface area (Å²) in [6.07, 6.45) is 4.89. The highest BCUT2D eigenvalue weighted by Gasteiger charge is 2.66. The van der Waals surface area contributed by atoms with Crippen LogP contribution in [0, 0.1) is 51.5 Å². The fourth-order valence-corrected chi connectivity index (χ4v) is 6.14. The molecule has 0 amide bonds. The first-order valence-electron chi connectivity index (χ1n) is 6.80. The van der Waals surface area contributed by atoms with E-state index in [2.05, 4.69) is 6.92 Å². The van der Waals surface area contributed by atoms with E-state index in [4.69, 9.17) is 0 Å². The lowest BCUT2D eigenvalue weighted by Crippen LogP contribution is -2.40. The Hall–Kier alpha value is -0.600. The van der Waals surface area contributed by atoms with Gasteiger partial charge in [-0.3, -0.25) is 10.1 Å². The maximum absolute atomic E-state index is 11.1. The van der Waals surface area contributed by atoms with Gasteiger partial charge in [-0.2, -0.15) is 0 Å². The molecule has 3 heteroatoms. The lowest BCUT2D eigenvalue weighted by atomic mass is 9.67. The van der Waals surface area contributed by atoms with Crippen LogP contribution in [0.2, 0.25) is 0 Å². The third-order valence-corrected chi connectivity index (χ3v) is 6.39. The van der Waals surface area contributed by atoms with Crippen LogP contribution >= 0.6 is 0 Å². The van der Waals surface area contributed by atoms with E-state index in [1.165, 1.54) is 19.3 Å². The zero-order valence-corrected chi connectivity index (χ0v) is 9.71. The van der Waals surface area contributed by atoms with E-state index in [0.29, 0.717) is 11.8 Å². The molecule has 0 aromatic carbocycles. The molecule has 0 aromatic rings. The molecule has 16 heavy (non-hydrogen) atoms. The SMILES string of the molecule is CC1CC2CC1C1C3CC(CC3[N+](=O)[O-])C21. The van der Waals surface area contributed by atoms with Crippen LogP contribution < -0.4 is 0 Å². The second-order valence-corrected chi connectivity index (χ2v) is 6.78. The van der Waals surface area contributed by atoms with Crippen molar-refractivity contribution in [3.8, 4) is 0 Å². The second kappa shape index (κ2) is 2.80. The van der Waals surface area contributed by atoms with Crippen molar-refractivity contribution in [1.29, 1.82) is 0 Å². The first-order chi connectivity index (χ1) is 7.66. The van der Waals surface area contributed by atoms with Crippen molar-refractivity contribution in [2.24, 2.45) is 41.4 Å². The number of rotatable bonds is 1. The molecule has 4 aliphatic carbocycles. The molecule has 0 spiro atoms. The summed E-state index contributed by atoms with van der Waals surface area (Å²) in [6, 6.07) is -0.183. The molecule has 4 aliphatic rings. The Morgan fingerprint density at radius 1 is 1.00 bits per heavy atom. The van der Waals surface area contributed by atoms with Gasteiger partial charge in [0.05, 0.1) is 0 Å². The van der Waals surface area contributed by atoms with Crippen LogP contribution in [0.5, 0.6) is 0 Å². The third kappa shape index (κ3) is 0.917. The Bertz CT molecular complexity index is 356. The number of hydrogen-bond acceptors (Lipinski definition) is 2. The predicted molar refractivity (Wildman–Crippen MR) is 59.4 cm³/mol. The average Bonchev–Trinajstić information content (AvgIpc) is 2.91. The summed E-state index contributed by atoms with van der Waals surface area (Å²) in [5, 5.41) is 11.1. The molecule has 3 nitrogen and oxygen atoms in total. The van der Waals surface area contributed by atoms with Gasteiger partial charge in [-0.15, -0.1) is 0 Å². The largest absolute Gasteiger partial charge is 0.264 e. The third-order valence-electron chi connectivity index (χ3n) is 6.39. The zero-order valence-electron chi connectivity index (χ0n) is 9.71. The maximum Gasteiger partial charge on any atom is 0.216 e. The van der Waals surface area contributed by atoms with Crippen molar-refractivity contribution >= 4 is 0 Å². The van der Waals surface area contributed by atoms with Crippen LogP contribution in [-0.4, -0.2) is 11.0 Å². The van der Waals surface area contributed by atoms with E-state index >= 15 is 0 Å². The Morgan fingerprint density at radius 3 is 2.44 bits per heavy atom. The number of nitro groups is 1. The standard InChI is InChI=1S/C13H19NO2/c1-6-2-7-3-9(6)13-10-4-8(12(7)13)5-11(10)14(15)16/h6-13H,2-5H2,1H3. The highest BCUT2D eigenvalue weighted by Crippen LogP contribution is 2.68. The molecular formula is C13H19NO2. The van der Waals surface area contributed by atoms with E-state index in [0.717, 1.165) is 36.0 Å². The van der Waals surface area contributed by atoms with E-state index in [1.807, 2.05) is 0 Å². The summed E-state index contributed by atoms with van der Waals surface area (Å²) in [5.41, 5.74) is 0. The minimum absolute atomic E-state index is 0.0253. The topological polar surface area (TPSA) is 43.1 Å². The zero-order chi connectivity index (χ0) is 11.0. The van der Waals surface area contributed by atoms with Gasteiger partial charge in [0.1, 0.15) is 0 Å². The number of nitrogens with zero attached hydrogens (tertiary/aromatic N) is 1. The number of fused-ring (bicyclic) bond motifs is 9. The summed E-state index contributed by atoms with van der Waals surface area (Å²) in [6.45, 7) is 2.37. The fourth-order valence-electron chi connectivity index (χ4n) is 6.14. The van der Waals surface area contributed by atoms with Gasteiger partial charge in [-0.1, -0.05) is 6.92 Å². The Balaban J connectivity index is 1.68.